The summed E-state index contributed by atoms with van der Waals surface area (Å²) in [6.07, 6.45) is -8.18. The van der Waals surface area contributed by atoms with Gasteiger partial charge in [-0.25, -0.2) is 0 Å². The molecule has 1 aliphatic heterocycles. The van der Waals surface area contributed by atoms with E-state index in [1.165, 1.54) is 11.8 Å². The number of hydrogen-bond acceptors (Lipinski definition) is 5. The van der Waals surface area contributed by atoms with E-state index in [0.29, 0.717) is 45.8 Å². The van der Waals surface area contributed by atoms with Crippen LogP contribution >= 0.6 is 24.0 Å². The van der Waals surface area contributed by atoms with Crippen LogP contribution in [0.4, 0.5) is 26.3 Å². The van der Waals surface area contributed by atoms with Crippen LogP contribution in [0, 0.1) is 0 Å². The number of aromatic nitrogens is 1. The van der Waals surface area contributed by atoms with Crippen molar-refractivity contribution in [1.29, 1.82) is 0 Å². The zero-order chi connectivity index (χ0) is 34.1. The van der Waals surface area contributed by atoms with Crippen molar-refractivity contribution in [3.05, 3.63) is 135 Å². The molecule has 1 aliphatic rings. The largest absolute Gasteiger partial charge is 0.489 e. The molecule has 13 heteroatoms. The van der Waals surface area contributed by atoms with E-state index in [1.54, 1.807) is 30.3 Å². The van der Waals surface area contributed by atoms with Crippen molar-refractivity contribution in [2.45, 2.75) is 32.1 Å². The van der Waals surface area contributed by atoms with Crippen LogP contribution in [0.1, 0.15) is 33.5 Å². The highest BCUT2D eigenvalue weighted by molar-refractivity contribution is 8.26. The zero-order valence-electron chi connectivity index (χ0n) is 24.7. The van der Waals surface area contributed by atoms with Crippen molar-refractivity contribution < 1.29 is 40.6 Å². The van der Waals surface area contributed by atoms with Crippen LogP contribution in [0.5, 0.6) is 11.5 Å². The molecule has 1 fully saturated rings. The third-order valence-corrected chi connectivity index (χ3v) is 8.57. The van der Waals surface area contributed by atoms with Gasteiger partial charge in [0.25, 0.3) is 5.91 Å². The predicted molar refractivity (Wildman–Crippen MR) is 175 cm³/mol. The van der Waals surface area contributed by atoms with E-state index in [2.05, 4.69) is 5.32 Å². The third kappa shape index (κ3) is 7.85. The average Bonchev–Trinajstić information content (AvgIpc) is 3.55. The number of rotatable bonds is 9. The van der Waals surface area contributed by atoms with Crippen LogP contribution in [-0.2, 0) is 36.9 Å². The molecule has 1 saturated heterocycles. The molecule has 0 unspecified atom stereocenters. The van der Waals surface area contributed by atoms with Crippen LogP contribution in [0.3, 0.4) is 0 Å². The van der Waals surface area contributed by atoms with E-state index in [9.17, 15) is 31.1 Å². The van der Waals surface area contributed by atoms with E-state index in [4.69, 9.17) is 21.7 Å². The Labute approximate surface area is 280 Å². The maximum atomic E-state index is 13.2. The van der Waals surface area contributed by atoms with Crippen LogP contribution in [0.2, 0.25) is 0 Å². The molecule has 5 aromatic rings. The maximum Gasteiger partial charge on any atom is 0.416 e. The summed E-state index contributed by atoms with van der Waals surface area (Å²) in [6, 6.07) is 25.5. The van der Waals surface area contributed by atoms with E-state index in [0.717, 1.165) is 27.7 Å². The second kappa shape index (κ2) is 13.4. The number of halogens is 6. The lowest BCUT2D eigenvalue weighted by atomic mass is 10.1. The molecule has 6 rings (SSSR count). The van der Waals surface area contributed by atoms with E-state index in [-0.39, 0.29) is 18.6 Å². The normalized spacial score (nSPS) is 14.5. The van der Waals surface area contributed by atoms with Crippen molar-refractivity contribution in [1.82, 2.24) is 9.88 Å². The molecule has 1 amide bonds. The van der Waals surface area contributed by atoms with Crippen LogP contribution in [0.15, 0.2) is 102 Å². The highest BCUT2D eigenvalue weighted by atomic mass is 32.2. The Kier molecular flexibility index (Phi) is 9.26. The number of thioether (sulfide) groups is 1. The number of benzene rings is 4. The highest BCUT2D eigenvalue weighted by Crippen LogP contribution is 2.38. The quantitative estimate of drug-likeness (QED) is 0.0945. The van der Waals surface area contributed by atoms with Gasteiger partial charge in [-0.1, -0.05) is 78.6 Å². The van der Waals surface area contributed by atoms with Gasteiger partial charge in [-0.05, 0) is 65.2 Å². The summed E-state index contributed by atoms with van der Waals surface area (Å²) >= 11 is 6.31. The molecule has 0 spiro atoms. The first-order chi connectivity index (χ1) is 22.8. The first-order valence-corrected chi connectivity index (χ1v) is 15.6. The molecule has 0 radical (unpaired) electrons. The second-order valence-corrected chi connectivity index (χ2v) is 12.6. The summed E-state index contributed by atoms with van der Waals surface area (Å²) in [6.45, 7) is 0.527. The SMILES string of the molecule is O=C1NC(=S)S/C1=C\c1cc2cc(OCc3ccccc3)ccc2n1Cc1ccc(COc2cc(C(F)(F)F)cc(C(F)(F)F)c2)cc1. The lowest BCUT2D eigenvalue weighted by Crippen LogP contribution is -2.17. The minimum Gasteiger partial charge on any atom is -0.489 e. The number of nitrogens with zero attached hydrogens (tertiary/aromatic N) is 1. The molecule has 48 heavy (non-hydrogen) atoms. The topological polar surface area (TPSA) is 52.5 Å². The fourth-order valence-electron chi connectivity index (χ4n) is 5.05. The minimum absolute atomic E-state index is 0.0570. The highest BCUT2D eigenvalue weighted by Gasteiger charge is 2.37. The molecule has 1 N–H and O–H groups in total. The number of fused-ring (bicyclic) bond motifs is 1. The van der Waals surface area contributed by atoms with E-state index < -0.39 is 29.2 Å². The zero-order valence-corrected chi connectivity index (χ0v) is 26.3. The minimum atomic E-state index is -4.97. The Morgan fingerprint density at radius 1 is 0.729 bits per heavy atom. The van der Waals surface area contributed by atoms with E-state index >= 15 is 0 Å². The van der Waals surface area contributed by atoms with Gasteiger partial charge in [0.05, 0.1) is 16.0 Å². The van der Waals surface area contributed by atoms with Gasteiger partial charge in [0.1, 0.15) is 29.0 Å². The Morgan fingerprint density at radius 2 is 1.33 bits per heavy atom. The average molecular weight is 699 g/mol. The number of carbonyl (C=O) groups excluding carboxylic acids is 1. The number of nitrogens with one attached hydrogen (secondary N) is 1. The Bertz CT molecular complexity index is 1990. The molecule has 246 valence electrons. The van der Waals surface area contributed by atoms with Crippen molar-refractivity contribution in [3.8, 4) is 11.5 Å². The van der Waals surface area contributed by atoms with Crippen LogP contribution < -0.4 is 14.8 Å². The van der Waals surface area contributed by atoms with Gasteiger partial charge >= 0.3 is 12.4 Å². The van der Waals surface area contributed by atoms with Gasteiger partial charge < -0.3 is 19.4 Å². The summed E-state index contributed by atoms with van der Waals surface area (Å²) in [5.41, 5.74) is 1.13. The summed E-state index contributed by atoms with van der Waals surface area (Å²) in [5, 5.41) is 3.49. The Balaban J connectivity index is 1.23. The third-order valence-electron chi connectivity index (χ3n) is 7.40. The molecule has 4 aromatic carbocycles. The van der Waals surface area contributed by atoms with Gasteiger partial charge in [0, 0.05) is 23.1 Å². The number of thiocarbonyl (C=S) groups is 1. The molecule has 2 heterocycles. The Morgan fingerprint density at radius 3 is 1.94 bits per heavy atom. The van der Waals surface area contributed by atoms with Gasteiger partial charge in [-0.2, -0.15) is 26.3 Å². The first kappa shape index (κ1) is 33.2. The monoisotopic (exact) mass is 698 g/mol. The number of carbonyl (C=O) groups is 1. The second-order valence-electron chi connectivity index (χ2n) is 10.8. The molecular formula is C35H24F6N2O3S2. The first-order valence-electron chi connectivity index (χ1n) is 14.4. The smallest absolute Gasteiger partial charge is 0.416 e. The lowest BCUT2D eigenvalue weighted by molar-refractivity contribution is -0.143. The van der Waals surface area contributed by atoms with Gasteiger partial charge in [-0.3, -0.25) is 4.79 Å². The Hall–Kier alpha value is -4.75. The summed E-state index contributed by atoms with van der Waals surface area (Å²) < 4.78 is 93.2. The van der Waals surface area contributed by atoms with Crippen LogP contribution in [0.25, 0.3) is 17.0 Å². The number of hydrogen-bond donors (Lipinski definition) is 1. The molecular weight excluding hydrogens is 675 g/mol. The number of amides is 1. The van der Waals surface area contributed by atoms with Gasteiger partial charge in [0.2, 0.25) is 0 Å². The van der Waals surface area contributed by atoms with Crippen molar-refractivity contribution in [2.24, 2.45) is 0 Å². The van der Waals surface area contributed by atoms with E-state index in [1.807, 2.05) is 59.2 Å². The predicted octanol–water partition coefficient (Wildman–Crippen LogP) is 9.37. The van der Waals surface area contributed by atoms with Gasteiger partial charge in [-0.15, -0.1) is 0 Å². The van der Waals surface area contributed by atoms with Crippen molar-refractivity contribution >= 4 is 51.2 Å². The standard InChI is InChI=1S/C35H24F6N2O3S2/c36-34(37,38)25-14-26(35(39,40)41)16-29(15-25)46-20-23-8-6-21(7-9-23)18-43-27(17-31-32(44)42-33(47)48-31)12-24-13-28(10-11-30(24)43)45-19-22-4-2-1-3-5-22/h1-17H,18-20H2,(H,42,44,47)/b31-17-. The molecule has 0 saturated carbocycles. The van der Waals surface area contributed by atoms with Crippen LogP contribution in [-0.4, -0.2) is 14.8 Å². The van der Waals surface area contributed by atoms with Crippen molar-refractivity contribution in [3.63, 3.8) is 0 Å². The van der Waals surface area contributed by atoms with Gasteiger partial charge in [0.15, 0.2) is 0 Å². The number of alkyl halides is 6. The molecule has 5 nitrogen and oxygen atoms in total. The molecule has 0 aliphatic carbocycles. The molecule has 0 atom stereocenters. The number of ether oxygens (including phenoxy) is 2. The summed E-state index contributed by atoms with van der Waals surface area (Å²) in [7, 11) is 0. The fraction of sp³-hybridized carbons (Fsp3) is 0.143. The maximum absolute atomic E-state index is 13.2. The lowest BCUT2D eigenvalue weighted by Gasteiger charge is -2.15. The molecule has 0 bridgehead atoms. The summed E-state index contributed by atoms with van der Waals surface area (Å²) in [4.78, 5) is 12.9. The molecule has 1 aromatic heterocycles. The van der Waals surface area contributed by atoms with Crippen molar-refractivity contribution in [2.75, 3.05) is 0 Å². The fourth-order valence-corrected chi connectivity index (χ4v) is 6.08. The summed E-state index contributed by atoms with van der Waals surface area (Å²) in [5.74, 6) is -0.163.